The average molecular weight is 342 g/mol. The molecule has 0 spiro atoms. The molecule has 132 valence electrons. The molecule has 0 N–H and O–H groups in total. The van der Waals surface area contributed by atoms with Gasteiger partial charge in [-0.3, -0.25) is 19.5 Å². The largest absolute Gasteiger partial charge is 0.469 e. The first-order valence-electron chi connectivity index (χ1n) is 8.36. The molecule has 0 amide bonds. The molecule has 2 aromatic rings. The molecule has 0 unspecified atom stereocenters. The van der Waals surface area contributed by atoms with Crippen molar-refractivity contribution in [2.24, 2.45) is 5.92 Å². The number of likely N-dealkylation sites (tertiary alicyclic amines) is 1. The highest BCUT2D eigenvalue weighted by Crippen LogP contribution is 2.26. The number of rotatable bonds is 4. The minimum absolute atomic E-state index is 0.266. The van der Waals surface area contributed by atoms with Crippen molar-refractivity contribution in [2.75, 3.05) is 20.8 Å². The van der Waals surface area contributed by atoms with E-state index in [1.54, 1.807) is 0 Å². The Labute approximate surface area is 146 Å². The van der Waals surface area contributed by atoms with Crippen molar-refractivity contribution in [3.05, 3.63) is 42.1 Å². The maximum atomic E-state index is 12.2. The van der Waals surface area contributed by atoms with Crippen molar-refractivity contribution in [3.63, 3.8) is 0 Å². The Bertz CT molecular complexity index is 777. The van der Waals surface area contributed by atoms with E-state index < -0.39 is 6.04 Å². The lowest BCUT2D eigenvalue weighted by Gasteiger charge is -2.36. The van der Waals surface area contributed by atoms with Crippen molar-refractivity contribution >= 4 is 22.8 Å². The topological polar surface area (TPSA) is 68.7 Å². The average Bonchev–Trinajstić information content (AvgIpc) is 2.67. The fourth-order valence-corrected chi connectivity index (χ4v) is 3.37. The van der Waals surface area contributed by atoms with Gasteiger partial charge in [-0.05, 0) is 25.0 Å². The second kappa shape index (κ2) is 7.61. The van der Waals surface area contributed by atoms with Crippen LogP contribution in [0.3, 0.4) is 0 Å². The van der Waals surface area contributed by atoms with Crippen molar-refractivity contribution in [3.8, 4) is 0 Å². The van der Waals surface area contributed by atoms with Crippen LogP contribution >= 0.6 is 0 Å². The first-order chi connectivity index (χ1) is 12.1. The highest BCUT2D eigenvalue weighted by atomic mass is 16.5. The highest BCUT2D eigenvalue weighted by Gasteiger charge is 2.37. The number of carbonyl (C=O) groups excluding carboxylic acids is 2. The van der Waals surface area contributed by atoms with Gasteiger partial charge < -0.3 is 9.47 Å². The van der Waals surface area contributed by atoms with Crippen LogP contribution in [0.5, 0.6) is 0 Å². The number of para-hydroxylation sites is 1. The Kier molecular flexibility index (Phi) is 5.28. The van der Waals surface area contributed by atoms with Crippen LogP contribution in [0.25, 0.3) is 10.9 Å². The van der Waals surface area contributed by atoms with E-state index in [4.69, 9.17) is 9.47 Å². The highest BCUT2D eigenvalue weighted by molar-refractivity contribution is 5.79. The first kappa shape index (κ1) is 17.4. The van der Waals surface area contributed by atoms with Gasteiger partial charge in [0.2, 0.25) is 0 Å². The zero-order chi connectivity index (χ0) is 17.8. The van der Waals surface area contributed by atoms with E-state index in [2.05, 4.69) is 4.98 Å². The molecule has 2 atom stereocenters. The van der Waals surface area contributed by atoms with E-state index in [0.717, 1.165) is 16.6 Å². The molecule has 1 aromatic heterocycles. The lowest BCUT2D eigenvalue weighted by molar-refractivity contribution is -0.154. The quantitative estimate of drug-likeness (QED) is 0.793. The van der Waals surface area contributed by atoms with Gasteiger partial charge in [0.1, 0.15) is 6.04 Å². The number of esters is 2. The third-order valence-corrected chi connectivity index (χ3v) is 4.74. The Morgan fingerprint density at radius 3 is 2.64 bits per heavy atom. The predicted octanol–water partition coefficient (Wildman–Crippen LogP) is 2.16. The third kappa shape index (κ3) is 3.79. The second-order valence-corrected chi connectivity index (χ2v) is 6.25. The zero-order valence-corrected chi connectivity index (χ0v) is 14.5. The van der Waals surface area contributed by atoms with Crippen molar-refractivity contribution in [1.82, 2.24) is 9.88 Å². The third-order valence-electron chi connectivity index (χ3n) is 4.74. The molecular formula is C19H22N2O4. The van der Waals surface area contributed by atoms with Crippen molar-refractivity contribution in [2.45, 2.75) is 25.4 Å². The van der Waals surface area contributed by atoms with Crippen LogP contribution in [0.15, 0.2) is 36.4 Å². The van der Waals surface area contributed by atoms with Crippen molar-refractivity contribution in [1.29, 1.82) is 0 Å². The van der Waals surface area contributed by atoms with E-state index in [1.807, 2.05) is 41.3 Å². The number of hydrogen-bond donors (Lipinski definition) is 0. The van der Waals surface area contributed by atoms with Gasteiger partial charge in [0.05, 0.1) is 31.3 Å². The lowest BCUT2D eigenvalue weighted by Crippen LogP contribution is -2.48. The van der Waals surface area contributed by atoms with Gasteiger partial charge in [-0.15, -0.1) is 0 Å². The Balaban J connectivity index is 1.78. The summed E-state index contributed by atoms with van der Waals surface area (Å²) >= 11 is 0. The molecule has 0 aliphatic carbocycles. The molecule has 0 bridgehead atoms. The summed E-state index contributed by atoms with van der Waals surface area (Å²) in [5.41, 5.74) is 1.82. The van der Waals surface area contributed by atoms with Gasteiger partial charge in [-0.25, -0.2) is 0 Å². The van der Waals surface area contributed by atoms with Crippen LogP contribution in [-0.2, 0) is 25.6 Å². The minimum Gasteiger partial charge on any atom is -0.469 e. The van der Waals surface area contributed by atoms with Gasteiger partial charge in [0.15, 0.2) is 0 Å². The van der Waals surface area contributed by atoms with Crippen LogP contribution in [0.1, 0.15) is 18.5 Å². The lowest BCUT2D eigenvalue weighted by atomic mass is 9.90. The standard InChI is InChI=1S/C19H22N2O4/c1-24-18(22)14-9-10-21(17(11-14)19(23)25-2)12-15-8-7-13-5-3-4-6-16(13)20-15/h3-8,14,17H,9-12H2,1-2H3/t14-,17-/m0/s1. The Hall–Kier alpha value is -2.47. The normalized spacial score (nSPS) is 21.0. The van der Waals surface area contributed by atoms with Gasteiger partial charge in [-0.2, -0.15) is 0 Å². The summed E-state index contributed by atoms with van der Waals surface area (Å²) in [7, 11) is 2.75. The van der Waals surface area contributed by atoms with Gasteiger partial charge in [0.25, 0.3) is 0 Å². The molecule has 0 saturated carbocycles. The summed E-state index contributed by atoms with van der Waals surface area (Å²) in [4.78, 5) is 30.7. The van der Waals surface area contributed by atoms with Crippen LogP contribution in [-0.4, -0.2) is 48.6 Å². The monoisotopic (exact) mass is 342 g/mol. The summed E-state index contributed by atoms with van der Waals surface area (Å²) < 4.78 is 9.77. The number of methoxy groups -OCH3 is 2. The number of fused-ring (bicyclic) bond motifs is 1. The van der Waals surface area contributed by atoms with Crippen LogP contribution < -0.4 is 0 Å². The van der Waals surface area contributed by atoms with Gasteiger partial charge in [-0.1, -0.05) is 24.3 Å². The van der Waals surface area contributed by atoms with E-state index in [-0.39, 0.29) is 17.9 Å². The number of carbonyl (C=O) groups is 2. The molecule has 6 nitrogen and oxygen atoms in total. The first-order valence-corrected chi connectivity index (χ1v) is 8.36. The maximum absolute atomic E-state index is 12.2. The molecule has 1 fully saturated rings. The van der Waals surface area contributed by atoms with Gasteiger partial charge in [0, 0.05) is 18.5 Å². The summed E-state index contributed by atoms with van der Waals surface area (Å²) in [6, 6.07) is 11.5. The molecular weight excluding hydrogens is 320 g/mol. The molecule has 2 heterocycles. The van der Waals surface area contributed by atoms with E-state index >= 15 is 0 Å². The molecule has 1 saturated heterocycles. The number of nitrogens with zero attached hydrogens (tertiary/aromatic N) is 2. The Morgan fingerprint density at radius 2 is 1.88 bits per heavy atom. The molecule has 25 heavy (non-hydrogen) atoms. The Morgan fingerprint density at radius 1 is 1.12 bits per heavy atom. The summed E-state index contributed by atoms with van der Waals surface area (Å²) in [6.07, 6.45) is 1.07. The number of aromatic nitrogens is 1. The van der Waals surface area contributed by atoms with Crippen molar-refractivity contribution < 1.29 is 19.1 Å². The fourth-order valence-electron chi connectivity index (χ4n) is 3.37. The van der Waals surface area contributed by atoms with E-state index in [9.17, 15) is 9.59 Å². The van der Waals surface area contributed by atoms with Gasteiger partial charge >= 0.3 is 11.9 Å². The predicted molar refractivity (Wildman–Crippen MR) is 92.7 cm³/mol. The zero-order valence-electron chi connectivity index (χ0n) is 14.5. The molecule has 3 rings (SSSR count). The summed E-state index contributed by atoms with van der Waals surface area (Å²) in [6.45, 7) is 1.16. The molecule has 1 aliphatic heterocycles. The van der Waals surface area contributed by atoms with E-state index in [0.29, 0.717) is 25.9 Å². The number of ether oxygens (including phenoxy) is 2. The fraction of sp³-hybridized carbons (Fsp3) is 0.421. The number of benzene rings is 1. The smallest absolute Gasteiger partial charge is 0.323 e. The number of piperidine rings is 1. The van der Waals surface area contributed by atoms with Crippen LogP contribution in [0, 0.1) is 5.92 Å². The number of hydrogen-bond acceptors (Lipinski definition) is 6. The van der Waals surface area contributed by atoms with Crippen LogP contribution in [0.4, 0.5) is 0 Å². The molecule has 1 aliphatic rings. The van der Waals surface area contributed by atoms with Crippen LogP contribution in [0.2, 0.25) is 0 Å². The summed E-state index contributed by atoms with van der Waals surface area (Å²) in [5, 5.41) is 1.08. The minimum atomic E-state index is -0.462. The maximum Gasteiger partial charge on any atom is 0.323 e. The van der Waals surface area contributed by atoms with E-state index in [1.165, 1.54) is 14.2 Å². The summed E-state index contributed by atoms with van der Waals surface area (Å²) in [5.74, 6) is -0.860. The molecule has 1 aromatic carbocycles. The molecule has 0 radical (unpaired) electrons. The number of pyridine rings is 1. The second-order valence-electron chi connectivity index (χ2n) is 6.25. The molecule has 6 heteroatoms. The SMILES string of the molecule is COC(=O)[C@H]1CCN(Cc2ccc3ccccc3n2)[C@H](C(=O)OC)C1.